The number of nitrogens with zero attached hydrogens (tertiary/aromatic N) is 1. The summed E-state index contributed by atoms with van der Waals surface area (Å²) in [5.74, 6) is 0.424. The average Bonchev–Trinajstić information content (AvgIpc) is 2.78. The summed E-state index contributed by atoms with van der Waals surface area (Å²) in [4.78, 5) is 12.3. The number of amides is 1. The van der Waals surface area contributed by atoms with E-state index in [1.165, 1.54) is 29.6 Å². The van der Waals surface area contributed by atoms with Crippen molar-refractivity contribution in [2.45, 2.75) is 4.90 Å². The molecule has 7 heteroatoms. The van der Waals surface area contributed by atoms with Gasteiger partial charge < -0.3 is 10.1 Å². The van der Waals surface area contributed by atoms with E-state index in [4.69, 9.17) is 4.74 Å². The Kier molecular flexibility index (Phi) is 6.54. The van der Waals surface area contributed by atoms with E-state index in [1.807, 2.05) is 30.3 Å². The van der Waals surface area contributed by atoms with Gasteiger partial charge in [-0.25, -0.2) is 8.42 Å². The van der Waals surface area contributed by atoms with Crippen molar-refractivity contribution in [3.8, 4) is 5.75 Å². The molecule has 0 aliphatic carbocycles. The number of sulfonamides is 1. The number of anilines is 2. The molecule has 1 amide bonds. The van der Waals surface area contributed by atoms with Gasteiger partial charge in [0.1, 0.15) is 5.75 Å². The number of hydrogen-bond acceptors (Lipinski definition) is 4. The van der Waals surface area contributed by atoms with Crippen molar-refractivity contribution in [1.29, 1.82) is 0 Å². The van der Waals surface area contributed by atoms with Crippen LogP contribution >= 0.6 is 0 Å². The standard InChI is InChI=1S/C23H22N2O4S/c1-25(20-6-4-3-5-7-20)30(27,28)22-15-11-19(12-16-22)24-23(26)17-10-18-8-13-21(29-2)14-9-18/h3-17H,1-2H3,(H,24,26)/b17-10-. The van der Waals surface area contributed by atoms with Crippen LogP contribution in [0.25, 0.3) is 6.08 Å². The van der Waals surface area contributed by atoms with Crippen molar-refractivity contribution < 1.29 is 17.9 Å². The number of ether oxygens (including phenoxy) is 1. The van der Waals surface area contributed by atoms with Crippen molar-refractivity contribution in [3.05, 3.63) is 90.5 Å². The maximum Gasteiger partial charge on any atom is 0.264 e. The molecule has 0 aliphatic rings. The fraction of sp³-hybridized carbons (Fsp3) is 0.0870. The number of hydrogen-bond donors (Lipinski definition) is 1. The van der Waals surface area contributed by atoms with Crippen molar-refractivity contribution >= 4 is 33.4 Å². The van der Waals surface area contributed by atoms with Crippen LogP contribution in [-0.2, 0) is 14.8 Å². The molecule has 0 aromatic heterocycles. The smallest absolute Gasteiger partial charge is 0.264 e. The molecule has 0 spiro atoms. The van der Waals surface area contributed by atoms with Gasteiger partial charge in [-0.2, -0.15) is 0 Å². The van der Waals surface area contributed by atoms with Gasteiger partial charge in [-0.3, -0.25) is 9.10 Å². The lowest BCUT2D eigenvalue weighted by Crippen LogP contribution is -2.26. The topological polar surface area (TPSA) is 75.7 Å². The molecule has 1 N–H and O–H groups in total. The zero-order valence-corrected chi connectivity index (χ0v) is 17.5. The molecule has 0 saturated carbocycles. The number of nitrogens with one attached hydrogen (secondary N) is 1. The van der Waals surface area contributed by atoms with Crippen LogP contribution in [0.15, 0.2) is 89.8 Å². The van der Waals surface area contributed by atoms with Crippen LogP contribution in [0.2, 0.25) is 0 Å². The number of carbonyl (C=O) groups excluding carboxylic acids is 1. The molecule has 0 atom stereocenters. The molecule has 3 aromatic carbocycles. The van der Waals surface area contributed by atoms with Gasteiger partial charge in [-0.05, 0) is 60.2 Å². The highest BCUT2D eigenvalue weighted by molar-refractivity contribution is 7.92. The molecule has 3 rings (SSSR count). The predicted octanol–water partition coefficient (Wildman–Crippen LogP) is 4.17. The van der Waals surface area contributed by atoms with E-state index >= 15 is 0 Å². The molecule has 0 aliphatic heterocycles. The third-order valence-corrected chi connectivity index (χ3v) is 6.24. The third-order valence-electron chi connectivity index (χ3n) is 4.44. The molecule has 0 unspecified atom stereocenters. The van der Waals surface area contributed by atoms with Crippen molar-refractivity contribution in [3.63, 3.8) is 0 Å². The lowest BCUT2D eigenvalue weighted by atomic mass is 10.2. The first-order valence-electron chi connectivity index (χ1n) is 9.17. The Hall–Kier alpha value is -3.58. The van der Waals surface area contributed by atoms with E-state index in [2.05, 4.69) is 5.32 Å². The summed E-state index contributed by atoms with van der Waals surface area (Å²) in [7, 11) is -0.597. The van der Waals surface area contributed by atoms with E-state index in [1.54, 1.807) is 49.6 Å². The second kappa shape index (κ2) is 9.28. The first-order chi connectivity index (χ1) is 14.4. The van der Waals surface area contributed by atoms with Gasteiger partial charge in [0.05, 0.1) is 17.7 Å². The lowest BCUT2D eigenvalue weighted by Gasteiger charge is -2.19. The van der Waals surface area contributed by atoms with Crippen LogP contribution in [0.4, 0.5) is 11.4 Å². The molecule has 0 radical (unpaired) electrons. The van der Waals surface area contributed by atoms with Gasteiger partial charge in [-0.15, -0.1) is 0 Å². The fourth-order valence-electron chi connectivity index (χ4n) is 2.72. The second-order valence-corrected chi connectivity index (χ2v) is 8.40. The number of rotatable bonds is 7. The first-order valence-corrected chi connectivity index (χ1v) is 10.6. The minimum Gasteiger partial charge on any atom is -0.497 e. The normalized spacial score (nSPS) is 11.3. The van der Waals surface area contributed by atoms with E-state index < -0.39 is 10.0 Å². The van der Waals surface area contributed by atoms with Crippen molar-refractivity contribution in [2.24, 2.45) is 0 Å². The number of para-hydroxylation sites is 1. The summed E-state index contributed by atoms with van der Waals surface area (Å²) in [6.45, 7) is 0. The minimum atomic E-state index is -3.69. The summed E-state index contributed by atoms with van der Waals surface area (Å²) in [6, 6.07) is 22.2. The minimum absolute atomic E-state index is 0.139. The van der Waals surface area contributed by atoms with E-state index in [0.29, 0.717) is 11.4 Å². The predicted molar refractivity (Wildman–Crippen MR) is 119 cm³/mol. The van der Waals surface area contributed by atoms with Gasteiger partial charge in [0, 0.05) is 18.8 Å². The first kappa shape index (κ1) is 21.1. The highest BCUT2D eigenvalue weighted by Crippen LogP contribution is 2.23. The maximum absolute atomic E-state index is 12.8. The van der Waals surface area contributed by atoms with E-state index in [9.17, 15) is 13.2 Å². The Labute approximate surface area is 176 Å². The second-order valence-electron chi connectivity index (χ2n) is 6.43. The van der Waals surface area contributed by atoms with E-state index in [-0.39, 0.29) is 10.8 Å². The van der Waals surface area contributed by atoms with Crippen LogP contribution in [-0.4, -0.2) is 28.5 Å². The third kappa shape index (κ3) is 5.07. The number of benzene rings is 3. The van der Waals surface area contributed by atoms with Crippen LogP contribution in [0.3, 0.4) is 0 Å². The quantitative estimate of drug-likeness (QED) is 0.580. The van der Waals surface area contributed by atoms with Crippen LogP contribution < -0.4 is 14.4 Å². The van der Waals surface area contributed by atoms with Gasteiger partial charge in [0.25, 0.3) is 10.0 Å². The average molecular weight is 423 g/mol. The molecule has 6 nitrogen and oxygen atoms in total. The Bertz CT molecular complexity index is 1120. The number of carbonyl (C=O) groups is 1. The van der Waals surface area contributed by atoms with Gasteiger partial charge in [0.2, 0.25) is 5.91 Å². The summed E-state index contributed by atoms with van der Waals surface area (Å²) < 4.78 is 31.9. The maximum atomic E-state index is 12.8. The zero-order chi connectivity index (χ0) is 21.6. The van der Waals surface area contributed by atoms with Crippen molar-refractivity contribution in [1.82, 2.24) is 0 Å². The van der Waals surface area contributed by atoms with Crippen LogP contribution in [0, 0.1) is 0 Å². The zero-order valence-electron chi connectivity index (χ0n) is 16.6. The van der Waals surface area contributed by atoms with E-state index in [0.717, 1.165) is 11.3 Å². The summed E-state index contributed by atoms with van der Waals surface area (Å²) in [5.41, 5.74) is 1.93. The van der Waals surface area contributed by atoms with Crippen LogP contribution in [0.5, 0.6) is 5.75 Å². The molecule has 0 heterocycles. The summed E-state index contributed by atoms with van der Waals surface area (Å²) >= 11 is 0. The van der Waals surface area contributed by atoms with Crippen LogP contribution in [0.1, 0.15) is 5.56 Å². The largest absolute Gasteiger partial charge is 0.497 e. The van der Waals surface area contributed by atoms with Gasteiger partial charge >= 0.3 is 0 Å². The molecule has 0 fully saturated rings. The van der Waals surface area contributed by atoms with Gasteiger partial charge in [0.15, 0.2) is 0 Å². The van der Waals surface area contributed by atoms with Gasteiger partial charge in [-0.1, -0.05) is 30.3 Å². The molecule has 3 aromatic rings. The number of methoxy groups -OCH3 is 1. The molecule has 154 valence electrons. The fourth-order valence-corrected chi connectivity index (χ4v) is 3.91. The Morgan fingerprint density at radius 3 is 2.17 bits per heavy atom. The monoisotopic (exact) mass is 422 g/mol. The highest BCUT2D eigenvalue weighted by Gasteiger charge is 2.20. The van der Waals surface area contributed by atoms with Crippen molar-refractivity contribution in [2.75, 3.05) is 23.8 Å². The Balaban J connectivity index is 1.66. The highest BCUT2D eigenvalue weighted by atomic mass is 32.2. The Morgan fingerprint density at radius 1 is 0.933 bits per heavy atom. The summed E-state index contributed by atoms with van der Waals surface area (Å²) in [6.07, 6.45) is 3.10. The molecular formula is C23H22N2O4S. The Morgan fingerprint density at radius 2 is 1.57 bits per heavy atom. The SMILES string of the molecule is COc1ccc(/C=C\C(=O)Nc2ccc(S(=O)(=O)N(C)c3ccccc3)cc2)cc1. The molecule has 30 heavy (non-hydrogen) atoms. The lowest BCUT2D eigenvalue weighted by molar-refractivity contribution is -0.111. The molecular weight excluding hydrogens is 400 g/mol. The molecule has 0 saturated heterocycles. The summed E-state index contributed by atoms with van der Waals surface area (Å²) in [5, 5.41) is 2.72. The molecule has 0 bridgehead atoms.